The zero-order valence-electron chi connectivity index (χ0n) is 23.3. The van der Waals surface area contributed by atoms with Gasteiger partial charge < -0.3 is 11.1 Å². The molecule has 0 aliphatic carbocycles. The van der Waals surface area contributed by atoms with Gasteiger partial charge in [-0.1, -0.05) is 116 Å². The van der Waals surface area contributed by atoms with E-state index >= 15 is 0 Å². The maximum Gasteiger partial charge on any atom is 0.0253 e. The number of allylic oxidation sites excluding steroid dienone is 10. The Bertz CT molecular complexity index is 1660. The van der Waals surface area contributed by atoms with Crippen molar-refractivity contribution in [1.82, 2.24) is 0 Å². The SMILES string of the molecule is C=C(/C=C\C(=C/C)c1cccc(-c2ccccc2)c1)c1ccc2cc(/C(C=N)=C/C/C(N)=C/C=C\C)ccc2c1. The number of fused-ring (bicyclic) bond motifs is 1. The average Bonchev–Trinajstić information content (AvgIpc) is 3.00. The fraction of sp³-hybridized carbons (Fsp3) is 0.0789. The zero-order chi connectivity index (χ0) is 28.3. The molecule has 198 valence electrons. The van der Waals surface area contributed by atoms with Gasteiger partial charge in [0.2, 0.25) is 0 Å². The van der Waals surface area contributed by atoms with Crippen molar-refractivity contribution in [2.45, 2.75) is 20.3 Å². The van der Waals surface area contributed by atoms with Crippen molar-refractivity contribution in [3.05, 3.63) is 162 Å². The first kappa shape index (κ1) is 28.1. The molecule has 0 heterocycles. The summed E-state index contributed by atoms with van der Waals surface area (Å²) >= 11 is 0. The van der Waals surface area contributed by atoms with Crippen molar-refractivity contribution in [3.63, 3.8) is 0 Å². The van der Waals surface area contributed by atoms with Crippen LogP contribution in [0.25, 0.3) is 38.6 Å². The molecule has 0 atom stereocenters. The molecule has 0 saturated heterocycles. The van der Waals surface area contributed by atoms with Crippen molar-refractivity contribution in [2.75, 3.05) is 0 Å². The number of hydrogen-bond acceptors (Lipinski definition) is 2. The van der Waals surface area contributed by atoms with Crippen LogP contribution >= 0.6 is 0 Å². The van der Waals surface area contributed by atoms with E-state index in [0.29, 0.717) is 6.42 Å². The van der Waals surface area contributed by atoms with E-state index in [1.807, 2.05) is 37.3 Å². The van der Waals surface area contributed by atoms with Crippen molar-refractivity contribution < 1.29 is 0 Å². The van der Waals surface area contributed by atoms with E-state index in [9.17, 15) is 0 Å². The Hall–Kier alpha value is -4.95. The molecule has 0 aliphatic heterocycles. The summed E-state index contributed by atoms with van der Waals surface area (Å²) in [5.74, 6) is 0. The molecular weight excluding hydrogens is 484 g/mol. The first-order chi connectivity index (χ1) is 19.5. The monoisotopic (exact) mass is 520 g/mol. The molecule has 40 heavy (non-hydrogen) atoms. The van der Waals surface area contributed by atoms with Gasteiger partial charge >= 0.3 is 0 Å². The van der Waals surface area contributed by atoms with E-state index in [1.165, 1.54) is 22.9 Å². The quantitative estimate of drug-likeness (QED) is 0.159. The minimum Gasteiger partial charge on any atom is -0.402 e. The Morgan fingerprint density at radius 3 is 2.12 bits per heavy atom. The van der Waals surface area contributed by atoms with Crippen molar-refractivity contribution >= 4 is 33.7 Å². The van der Waals surface area contributed by atoms with Gasteiger partial charge in [0, 0.05) is 18.3 Å². The molecule has 4 aromatic rings. The van der Waals surface area contributed by atoms with Gasteiger partial charge in [0.15, 0.2) is 0 Å². The predicted molar refractivity (Wildman–Crippen MR) is 176 cm³/mol. The predicted octanol–water partition coefficient (Wildman–Crippen LogP) is 10.0. The van der Waals surface area contributed by atoms with Crippen molar-refractivity contribution in [1.29, 1.82) is 5.41 Å². The van der Waals surface area contributed by atoms with Crippen LogP contribution in [0, 0.1) is 5.41 Å². The number of nitrogens with two attached hydrogens (primary N) is 1. The van der Waals surface area contributed by atoms with Gasteiger partial charge in [0.05, 0.1) is 0 Å². The van der Waals surface area contributed by atoms with Crippen LogP contribution in [0.15, 0.2) is 146 Å². The van der Waals surface area contributed by atoms with E-state index in [4.69, 9.17) is 11.1 Å². The minimum atomic E-state index is 0.600. The molecule has 3 N–H and O–H groups in total. The summed E-state index contributed by atoms with van der Waals surface area (Å²) in [5.41, 5.74) is 15.4. The topological polar surface area (TPSA) is 49.9 Å². The number of hydrogen-bond donors (Lipinski definition) is 2. The summed E-state index contributed by atoms with van der Waals surface area (Å²) in [7, 11) is 0. The van der Waals surface area contributed by atoms with Crippen LogP contribution in [-0.2, 0) is 0 Å². The Morgan fingerprint density at radius 2 is 1.43 bits per heavy atom. The Morgan fingerprint density at radius 1 is 0.750 bits per heavy atom. The maximum absolute atomic E-state index is 7.90. The summed E-state index contributed by atoms with van der Waals surface area (Å²) in [4.78, 5) is 0. The van der Waals surface area contributed by atoms with Gasteiger partial charge in [0.25, 0.3) is 0 Å². The largest absolute Gasteiger partial charge is 0.402 e. The van der Waals surface area contributed by atoms with Crippen LogP contribution in [-0.4, -0.2) is 6.21 Å². The molecule has 0 saturated carbocycles. The lowest BCUT2D eigenvalue weighted by molar-refractivity contribution is 1.17. The first-order valence-electron chi connectivity index (χ1n) is 13.5. The van der Waals surface area contributed by atoms with Crippen molar-refractivity contribution in [3.8, 4) is 11.1 Å². The second-order valence-electron chi connectivity index (χ2n) is 9.60. The molecule has 4 rings (SSSR count). The molecule has 0 bridgehead atoms. The lowest BCUT2D eigenvalue weighted by Crippen LogP contribution is -1.95. The lowest BCUT2D eigenvalue weighted by Gasteiger charge is -2.09. The first-order valence-corrected chi connectivity index (χ1v) is 13.5. The fourth-order valence-electron chi connectivity index (χ4n) is 4.56. The van der Waals surface area contributed by atoms with Crippen LogP contribution in [0.3, 0.4) is 0 Å². The maximum atomic E-state index is 7.90. The van der Waals surface area contributed by atoms with E-state index in [1.54, 1.807) is 0 Å². The van der Waals surface area contributed by atoms with Crippen LogP contribution in [0.5, 0.6) is 0 Å². The summed E-state index contributed by atoms with van der Waals surface area (Å²) in [6, 6.07) is 31.8. The molecule has 2 heteroatoms. The van der Waals surface area contributed by atoms with Gasteiger partial charge in [-0.25, -0.2) is 0 Å². The number of benzene rings is 4. The molecule has 4 aromatic carbocycles. The third-order valence-corrected chi connectivity index (χ3v) is 6.84. The molecule has 2 nitrogen and oxygen atoms in total. The third kappa shape index (κ3) is 7.12. The van der Waals surface area contributed by atoms with Crippen LogP contribution in [0.1, 0.15) is 37.0 Å². The molecule has 0 spiro atoms. The van der Waals surface area contributed by atoms with Gasteiger partial charge in [-0.05, 0) is 93.4 Å². The highest BCUT2D eigenvalue weighted by Gasteiger charge is 2.05. The molecule has 0 fully saturated rings. The molecule has 0 aromatic heterocycles. The smallest absolute Gasteiger partial charge is 0.0253 e. The van der Waals surface area contributed by atoms with Gasteiger partial charge in [-0.2, -0.15) is 0 Å². The van der Waals surface area contributed by atoms with Crippen LogP contribution < -0.4 is 5.73 Å². The molecule has 0 aliphatic rings. The highest BCUT2D eigenvalue weighted by atomic mass is 14.6. The van der Waals surface area contributed by atoms with Crippen LogP contribution in [0.2, 0.25) is 0 Å². The normalized spacial score (nSPS) is 12.9. The Balaban J connectivity index is 1.52. The molecule has 0 unspecified atom stereocenters. The van der Waals surface area contributed by atoms with Crippen molar-refractivity contribution in [2.24, 2.45) is 5.73 Å². The molecular formula is C38H36N2. The van der Waals surface area contributed by atoms with E-state index in [-0.39, 0.29) is 0 Å². The summed E-state index contributed by atoms with van der Waals surface area (Å²) in [5, 5.41) is 10.2. The summed E-state index contributed by atoms with van der Waals surface area (Å²) in [6.07, 6.45) is 16.1. The Kier molecular flexibility index (Phi) is 9.63. The summed E-state index contributed by atoms with van der Waals surface area (Å²) in [6.45, 7) is 8.37. The van der Waals surface area contributed by atoms with E-state index in [0.717, 1.165) is 44.3 Å². The Labute approximate surface area is 238 Å². The second kappa shape index (κ2) is 13.7. The molecule has 0 amide bonds. The highest BCUT2D eigenvalue weighted by Crippen LogP contribution is 2.27. The zero-order valence-corrected chi connectivity index (χ0v) is 23.3. The van der Waals surface area contributed by atoms with E-state index in [2.05, 4.69) is 117 Å². The highest BCUT2D eigenvalue weighted by molar-refractivity contribution is 6.09. The van der Waals surface area contributed by atoms with E-state index < -0.39 is 0 Å². The summed E-state index contributed by atoms with van der Waals surface area (Å²) < 4.78 is 0. The average molecular weight is 521 g/mol. The third-order valence-electron chi connectivity index (χ3n) is 6.84. The van der Waals surface area contributed by atoms with Crippen LogP contribution in [0.4, 0.5) is 0 Å². The number of rotatable bonds is 10. The second-order valence-corrected chi connectivity index (χ2v) is 9.60. The number of nitrogens with one attached hydrogen (secondary N) is 1. The van der Waals surface area contributed by atoms with Gasteiger partial charge in [-0.15, -0.1) is 0 Å². The lowest BCUT2D eigenvalue weighted by atomic mass is 9.96. The fourth-order valence-corrected chi connectivity index (χ4v) is 4.56. The standard InChI is InChI=1S/C38H36N2/c1-4-6-15-38(40)23-22-37(27-39)36-21-20-34-24-31(18-19-35(34)26-36)28(3)16-17-29(5-2)32-13-10-14-33(25-32)30-11-8-7-9-12-30/h4-22,24-27,39H,3,23,40H2,1-2H3/b6-4-,17-16-,29-5+,37-22+,38-15-,39-27?. The van der Waals surface area contributed by atoms with Gasteiger partial charge in [0.1, 0.15) is 0 Å². The van der Waals surface area contributed by atoms with Gasteiger partial charge in [-0.3, -0.25) is 0 Å². The minimum absolute atomic E-state index is 0.600. The molecule has 0 radical (unpaired) electrons.